The lowest BCUT2D eigenvalue weighted by atomic mass is 10.0. The van der Waals surface area contributed by atoms with E-state index in [-0.39, 0.29) is 18.2 Å². The summed E-state index contributed by atoms with van der Waals surface area (Å²) in [6.45, 7) is 4.07. The molecule has 0 atom stereocenters. The number of ether oxygens (including phenoxy) is 2. The molecule has 140 valence electrons. The Morgan fingerprint density at radius 2 is 1.86 bits per heavy atom. The van der Waals surface area contributed by atoms with E-state index in [2.05, 4.69) is 0 Å². The lowest BCUT2D eigenvalue weighted by molar-refractivity contribution is 0.101. The first-order valence-electron chi connectivity index (χ1n) is 9.03. The van der Waals surface area contributed by atoms with Gasteiger partial charge in [0.25, 0.3) is 0 Å². The zero-order chi connectivity index (χ0) is 19.7. The van der Waals surface area contributed by atoms with Crippen molar-refractivity contribution in [2.75, 3.05) is 0 Å². The van der Waals surface area contributed by atoms with Crippen LogP contribution in [0.1, 0.15) is 32.6 Å². The fraction of sp³-hybridized carbons (Fsp3) is 0.125. The van der Waals surface area contributed by atoms with Crippen molar-refractivity contribution in [2.24, 2.45) is 0 Å². The van der Waals surface area contributed by atoms with Gasteiger partial charge >= 0.3 is 0 Å². The molecule has 3 aromatic rings. The van der Waals surface area contributed by atoms with Gasteiger partial charge in [0.15, 0.2) is 5.76 Å². The second-order valence-corrected chi connectivity index (χ2v) is 6.78. The highest BCUT2D eigenvalue weighted by Crippen LogP contribution is 2.39. The number of hydrogen-bond donors (Lipinski definition) is 0. The van der Waals surface area contributed by atoms with Crippen LogP contribution in [-0.2, 0) is 6.61 Å². The molecule has 1 heterocycles. The second kappa shape index (κ2) is 7.31. The number of benzene rings is 3. The van der Waals surface area contributed by atoms with E-state index in [1.165, 1.54) is 12.1 Å². The van der Waals surface area contributed by atoms with Crippen molar-refractivity contribution in [3.05, 3.63) is 100 Å². The van der Waals surface area contributed by atoms with Crippen molar-refractivity contribution in [3.63, 3.8) is 0 Å². The van der Waals surface area contributed by atoms with Gasteiger partial charge in [-0.15, -0.1) is 0 Å². The Labute approximate surface area is 163 Å². The van der Waals surface area contributed by atoms with Crippen LogP contribution in [0.4, 0.5) is 4.39 Å². The number of aryl methyl sites for hydroxylation is 1. The van der Waals surface area contributed by atoms with Crippen molar-refractivity contribution in [2.45, 2.75) is 20.5 Å². The minimum absolute atomic E-state index is 0.141. The van der Waals surface area contributed by atoms with Crippen LogP contribution in [0.2, 0.25) is 0 Å². The first-order chi connectivity index (χ1) is 13.5. The van der Waals surface area contributed by atoms with Crippen molar-refractivity contribution >= 4 is 11.9 Å². The summed E-state index contributed by atoms with van der Waals surface area (Å²) in [5.74, 6) is 0.980. The lowest BCUT2D eigenvalue weighted by Gasteiger charge is -2.11. The Morgan fingerprint density at radius 1 is 1.04 bits per heavy atom. The van der Waals surface area contributed by atoms with Crippen LogP contribution in [0.3, 0.4) is 0 Å². The van der Waals surface area contributed by atoms with Crippen LogP contribution >= 0.6 is 0 Å². The molecule has 0 saturated heterocycles. The molecular formula is C24H19FO3. The molecule has 0 radical (unpaired) electrons. The summed E-state index contributed by atoms with van der Waals surface area (Å²) in [5.41, 5.74) is 4.01. The highest BCUT2D eigenvalue weighted by atomic mass is 19.1. The minimum Gasteiger partial charge on any atom is -0.488 e. The van der Waals surface area contributed by atoms with E-state index < -0.39 is 0 Å². The maximum atomic E-state index is 13.3. The van der Waals surface area contributed by atoms with E-state index in [4.69, 9.17) is 9.47 Å². The van der Waals surface area contributed by atoms with Gasteiger partial charge in [0.1, 0.15) is 23.9 Å². The SMILES string of the molecule is Cc1ccccc1/C=C1\Oc2c(ccc(OCc3cccc(F)c3)c2C)C1=O. The van der Waals surface area contributed by atoms with Crippen molar-refractivity contribution in [1.82, 2.24) is 0 Å². The number of hydrogen-bond acceptors (Lipinski definition) is 3. The molecule has 0 aliphatic carbocycles. The van der Waals surface area contributed by atoms with E-state index in [1.807, 2.05) is 38.1 Å². The summed E-state index contributed by atoms with van der Waals surface area (Å²) in [5, 5.41) is 0. The molecule has 0 unspecified atom stereocenters. The van der Waals surface area contributed by atoms with Crippen LogP contribution in [0.25, 0.3) is 6.08 Å². The van der Waals surface area contributed by atoms with Gasteiger partial charge in [0, 0.05) is 5.56 Å². The van der Waals surface area contributed by atoms with Crippen LogP contribution in [0.15, 0.2) is 66.4 Å². The quantitative estimate of drug-likeness (QED) is 0.555. The first kappa shape index (κ1) is 18.0. The second-order valence-electron chi connectivity index (χ2n) is 6.78. The van der Waals surface area contributed by atoms with Crippen molar-refractivity contribution in [1.29, 1.82) is 0 Å². The van der Waals surface area contributed by atoms with E-state index in [0.29, 0.717) is 22.8 Å². The highest BCUT2D eigenvalue weighted by Gasteiger charge is 2.30. The molecule has 4 heteroatoms. The molecule has 0 saturated carbocycles. The molecule has 1 aliphatic rings. The molecule has 0 fully saturated rings. The van der Waals surface area contributed by atoms with Gasteiger partial charge < -0.3 is 9.47 Å². The van der Waals surface area contributed by atoms with Gasteiger partial charge in [0.2, 0.25) is 5.78 Å². The number of ketones is 1. The normalized spacial score (nSPS) is 14.1. The maximum absolute atomic E-state index is 13.3. The number of halogens is 1. The van der Waals surface area contributed by atoms with Gasteiger partial charge in [-0.25, -0.2) is 4.39 Å². The Bertz CT molecular complexity index is 1100. The van der Waals surface area contributed by atoms with Gasteiger partial charge in [-0.05, 0) is 60.9 Å². The number of carbonyl (C=O) groups excluding carboxylic acids is 1. The molecule has 3 nitrogen and oxygen atoms in total. The fourth-order valence-corrected chi connectivity index (χ4v) is 3.20. The van der Waals surface area contributed by atoms with E-state index in [9.17, 15) is 9.18 Å². The molecule has 0 N–H and O–H groups in total. The summed E-state index contributed by atoms with van der Waals surface area (Å²) in [7, 11) is 0. The third-order valence-corrected chi connectivity index (χ3v) is 4.80. The first-order valence-corrected chi connectivity index (χ1v) is 9.03. The molecule has 1 aliphatic heterocycles. The standard InChI is InChI=1S/C24H19FO3/c1-15-6-3-4-8-18(15)13-22-23(26)20-10-11-21(16(2)24(20)28-22)27-14-17-7-5-9-19(25)12-17/h3-13H,14H2,1-2H3/b22-13-. The molecule has 0 spiro atoms. The molecule has 28 heavy (non-hydrogen) atoms. The number of Topliss-reactive ketones (excluding diaryl/α,β-unsaturated/α-hetero) is 1. The van der Waals surface area contributed by atoms with Crippen LogP contribution < -0.4 is 9.47 Å². The Morgan fingerprint density at radius 3 is 2.64 bits per heavy atom. The van der Waals surface area contributed by atoms with Crippen LogP contribution in [0, 0.1) is 19.7 Å². The summed E-state index contributed by atoms with van der Waals surface area (Å²) >= 11 is 0. The zero-order valence-electron chi connectivity index (χ0n) is 15.7. The predicted octanol–water partition coefficient (Wildman–Crippen LogP) is 5.64. The van der Waals surface area contributed by atoms with E-state index >= 15 is 0 Å². The molecule has 0 bridgehead atoms. The third-order valence-electron chi connectivity index (χ3n) is 4.80. The summed E-state index contributed by atoms with van der Waals surface area (Å²) in [6, 6.07) is 17.6. The van der Waals surface area contributed by atoms with E-state index in [1.54, 1.807) is 30.3 Å². The maximum Gasteiger partial charge on any atom is 0.231 e. The average Bonchev–Trinajstić information content (AvgIpc) is 3.00. The van der Waals surface area contributed by atoms with Crippen LogP contribution in [-0.4, -0.2) is 5.78 Å². The zero-order valence-corrected chi connectivity index (χ0v) is 15.7. The fourth-order valence-electron chi connectivity index (χ4n) is 3.20. The van der Waals surface area contributed by atoms with Crippen molar-refractivity contribution in [3.8, 4) is 11.5 Å². The average molecular weight is 374 g/mol. The topological polar surface area (TPSA) is 35.5 Å². The van der Waals surface area contributed by atoms with Gasteiger partial charge in [0.05, 0.1) is 5.56 Å². The van der Waals surface area contributed by atoms with Gasteiger partial charge in [-0.3, -0.25) is 4.79 Å². The number of rotatable bonds is 4. The minimum atomic E-state index is -0.299. The summed E-state index contributed by atoms with van der Waals surface area (Å²) < 4.78 is 25.1. The lowest BCUT2D eigenvalue weighted by Crippen LogP contribution is -1.99. The summed E-state index contributed by atoms with van der Waals surface area (Å²) in [6.07, 6.45) is 1.77. The van der Waals surface area contributed by atoms with Gasteiger partial charge in [-0.2, -0.15) is 0 Å². The van der Waals surface area contributed by atoms with Gasteiger partial charge in [-0.1, -0.05) is 36.4 Å². The largest absolute Gasteiger partial charge is 0.488 e. The summed E-state index contributed by atoms with van der Waals surface area (Å²) in [4.78, 5) is 12.7. The highest BCUT2D eigenvalue weighted by molar-refractivity contribution is 6.15. The van der Waals surface area contributed by atoms with E-state index in [0.717, 1.165) is 22.3 Å². The van der Waals surface area contributed by atoms with Crippen LogP contribution in [0.5, 0.6) is 11.5 Å². The monoisotopic (exact) mass is 374 g/mol. The molecular weight excluding hydrogens is 355 g/mol. The Hall–Kier alpha value is -3.40. The molecule has 3 aromatic carbocycles. The number of carbonyl (C=O) groups is 1. The smallest absolute Gasteiger partial charge is 0.231 e. The Kier molecular flexibility index (Phi) is 4.70. The number of fused-ring (bicyclic) bond motifs is 1. The Balaban J connectivity index is 1.59. The predicted molar refractivity (Wildman–Crippen MR) is 106 cm³/mol. The third kappa shape index (κ3) is 3.41. The molecule has 4 rings (SSSR count). The molecule has 0 aromatic heterocycles. The molecule has 0 amide bonds. The number of allylic oxidation sites excluding steroid dienone is 1. The van der Waals surface area contributed by atoms with Crippen molar-refractivity contribution < 1.29 is 18.7 Å².